The second kappa shape index (κ2) is 4.90. The highest BCUT2D eigenvalue weighted by atomic mass is 32.2. The van der Waals surface area contributed by atoms with Crippen molar-refractivity contribution >= 4 is 16.6 Å². The third-order valence-electron chi connectivity index (χ3n) is 1.82. The van der Waals surface area contributed by atoms with E-state index in [9.17, 15) is 9.00 Å². The molecule has 0 saturated carbocycles. The maximum atomic E-state index is 11.0. The predicted octanol–water partition coefficient (Wildman–Crippen LogP) is -0.0512. The number of hydrogen-bond acceptors (Lipinski definition) is 4. The molecular weight excluding hydrogens is 202 g/mol. The molecule has 1 aromatic rings. The van der Waals surface area contributed by atoms with Crippen molar-refractivity contribution < 1.29 is 4.21 Å². The summed E-state index contributed by atoms with van der Waals surface area (Å²) in [5, 5.41) is 2.98. The number of nitrogens with zero attached hydrogens (tertiary/aromatic N) is 1. The molecule has 2 N–H and O–H groups in total. The summed E-state index contributed by atoms with van der Waals surface area (Å²) < 4.78 is 11.0. The molecule has 0 saturated heterocycles. The minimum atomic E-state index is -0.866. The Hall–Kier alpha value is -1.17. The Kier molecular flexibility index (Phi) is 3.82. The average molecular weight is 215 g/mol. The number of anilines is 1. The van der Waals surface area contributed by atoms with Crippen LogP contribution in [-0.2, 0) is 10.8 Å². The van der Waals surface area contributed by atoms with Crippen LogP contribution in [-0.4, -0.2) is 32.2 Å². The van der Waals surface area contributed by atoms with E-state index in [0.717, 1.165) is 0 Å². The molecule has 5 nitrogen and oxygen atoms in total. The Morgan fingerprint density at radius 3 is 3.00 bits per heavy atom. The van der Waals surface area contributed by atoms with Crippen LogP contribution in [0.15, 0.2) is 17.2 Å². The molecule has 2 unspecified atom stereocenters. The minimum Gasteiger partial charge on any atom is -0.369 e. The van der Waals surface area contributed by atoms with Crippen LogP contribution in [0.5, 0.6) is 0 Å². The fraction of sp³-hybridized carbons (Fsp3) is 0.500. The molecule has 2 atom stereocenters. The van der Waals surface area contributed by atoms with E-state index in [0.29, 0.717) is 12.4 Å². The molecule has 0 amide bonds. The van der Waals surface area contributed by atoms with E-state index in [4.69, 9.17) is 0 Å². The van der Waals surface area contributed by atoms with Gasteiger partial charge in [0.25, 0.3) is 5.56 Å². The van der Waals surface area contributed by atoms with Crippen LogP contribution >= 0.6 is 0 Å². The SMILES string of the molecule is CC(CNc1cc(=O)[nH]cn1)S(C)=O. The molecule has 0 aliphatic carbocycles. The van der Waals surface area contributed by atoms with E-state index >= 15 is 0 Å². The molecule has 0 radical (unpaired) electrons. The molecule has 0 spiro atoms. The Balaban J connectivity index is 2.54. The molecule has 1 rings (SSSR count). The van der Waals surface area contributed by atoms with Crippen LogP contribution < -0.4 is 10.9 Å². The summed E-state index contributed by atoms with van der Waals surface area (Å²) in [6.07, 6.45) is 2.98. The Bertz CT molecular complexity index is 377. The van der Waals surface area contributed by atoms with E-state index in [1.54, 1.807) is 6.26 Å². The predicted molar refractivity (Wildman–Crippen MR) is 56.9 cm³/mol. The fourth-order valence-corrected chi connectivity index (χ4v) is 1.15. The number of rotatable bonds is 4. The highest BCUT2D eigenvalue weighted by Crippen LogP contribution is 1.98. The number of nitrogens with one attached hydrogen (secondary N) is 2. The zero-order chi connectivity index (χ0) is 10.6. The van der Waals surface area contributed by atoms with Crippen LogP contribution in [0.3, 0.4) is 0 Å². The largest absolute Gasteiger partial charge is 0.369 e. The summed E-state index contributed by atoms with van der Waals surface area (Å²) in [7, 11) is -0.866. The van der Waals surface area contributed by atoms with E-state index in [1.807, 2.05) is 6.92 Å². The molecule has 0 bridgehead atoms. The van der Waals surface area contributed by atoms with Crippen LogP contribution in [0.4, 0.5) is 5.82 Å². The topological polar surface area (TPSA) is 74.8 Å². The summed E-state index contributed by atoms with van der Waals surface area (Å²) in [4.78, 5) is 17.2. The molecule has 0 aromatic carbocycles. The molecule has 0 fully saturated rings. The van der Waals surface area contributed by atoms with Crippen LogP contribution in [0.25, 0.3) is 0 Å². The third-order valence-corrected chi connectivity index (χ3v) is 3.12. The average Bonchev–Trinajstić information content (AvgIpc) is 2.14. The number of hydrogen-bond donors (Lipinski definition) is 2. The Morgan fingerprint density at radius 1 is 1.71 bits per heavy atom. The number of H-pyrrole nitrogens is 1. The molecule has 14 heavy (non-hydrogen) atoms. The first-order chi connectivity index (χ1) is 6.59. The normalized spacial score (nSPS) is 14.7. The van der Waals surface area contributed by atoms with Crippen molar-refractivity contribution in [1.82, 2.24) is 9.97 Å². The lowest BCUT2D eigenvalue weighted by Crippen LogP contribution is -2.21. The van der Waals surface area contributed by atoms with Gasteiger partial charge in [-0.1, -0.05) is 0 Å². The summed E-state index contributed by atoms with van der Waals surface area (Å²) in [6, 6.07) is 1.37. The van der Waals surface area contributed by atoms with Gasteiger partial charge in [0.2, 0.25) is 0 Å². The van der Waals surface area contributed by atoms with Gasteiger partial charge in [-0.05, 0) is 6.92 Å². The van der Waals surface area contributed by atoms with Crippen molar-refractivity contribution in [2.75, 3.05) is 18.1 Å². The van der Waals surface area contributed by atoms with Gasteiger partial charge in [-0.15, -0.1) is 0 Å². The lowest BCUT2D eigenvalue weighted by Gasteiger charge is -2.09. The van der Waals surface area contributed by atoms with Crippen molar-refractivity contribution in [2.24, 2.45) is 0 Å². The van der Waals surface area contributed by atoms with Crippen molar-refractivity contribution in [1.29, 1.82) is 0 Å². The second-order valence-electron chi connectivity index (χ2n) is 2.99. The fourth-order valence-electron chi connectivity index (χ4n) is 0.831. The lowest BCUT2D eigenvalue weighted by molar-refractivity contribution is 0.679. The smallest absolute Gasteiger partial charge is 0.252 e. The van der Waals surface area contributed by atoms with Gasteiger partial charge in [-0.25, -0.2) is 4.98 Å². The molecule has 1 aromatic heterocycles. The number of aromatic amines is 1. The quantitative estimate of drug-likeness (QED) is 0.738. The maximum Gasteiger partial charge on any atom is 0.252 e. The first-order valence-electron chi connectivity index (χ1n) is 4.20. The highest BCUT2D eigenvalue weighted by Gasteiger charge is 2.05. The Morgan fingerprint density at radius 2 is 2.43 bits per heavy atom. The van der Waals surface area contributed by atoms with Gasteiger partial charge in [-0.2, -0.15) is 0 Å². The second-order valence-corrected chi connectivity index (χ2v) is 4.79. The summed E-state index contributed by atoms with van der Waals surface area (Å²) in [5.74, 6) is 0.506. The van der Waals surface area contributed by atoms with Gasteiger partial charge < -0.3 is 10.3 Å². The van der Waals surface area contributed by atoms with Crippen LogP contribution in [0.2, 0.25) is 0 Å². The summed E-state index contributed by atoms with van der Waals surface area (Å²) >= 11 is 0. The lowest BCUT2D eigenvalue weighted by atomic mass is 10.4. The van der Waals surface area contributed by atoms with E-state index < -0.39 is 10.8 Å². The van der Waals surface area contributed by atoms with Gasteiger partial charge in [0.15, 0.2) is 0 Å². The third kappa shape index (κ3) is 3.29. The first-order valence-corrected chi connectivity index (χ1v) is 5.82. The van der Waals surface area contributed by atoms with E-state index in [2.05, 4.69) is 15.3 Å². The zero-order valence-electron chi connectivity index (χ0n) is 8.11. The van der Waals surface area contributed by atoms with Gasteiger partial charge in [-0.3, -0.25) is 9.00 Å². The zero-order valence-corrected chi connectivity index (χ0v) is 8.93. The van der Waals surface area contributed by atoms with Crippen molar-refractivity contribution in [2.45, 2.75) is 12.2 Å². The summed E-state index contributed by atoms with van der Waals surface area (Å²) in [6.45, 7) is 2.41. The van der Waals surface area contributed by atoms with Gasteiger partial charge in [0.05, 0.1) is 6.33 Å². The first kappa shape index (κ1) is 10.9. The van der Waals surface area contributed by atoms with Crippen molar-refractivity contribution in [3.05, 3.63) is 22.7 Å². The standard InChI is InChI=1S/C8H13N3O2S/c1-6(14(2)13)4-9-7-3-8(12)11-5-10-7/h3,5-6H,4H2,1-2H3,(H2,9,10,11,12). The molecule has 0 aliphatic heterocycles. The van der Waals surface area contributed by atoms with Gasteiger partial charge in [0, 0.05) is 34.9 Å². The Labute approximate surface area is 84.4 Å². The minimum absolute atomic E-state index is 0.0380. The maximum absolute atomic E-state index is 11.0. The van der Waals surface area contributed by atoms with Gasteiger partial charge >= 0.3 is 0 Å². The van der Waals surface area contributed by atoms with Crippen molar-refractivity contribution in [3.63, 3.8) is 0 Å². The highest BCUT2D eigenvalue weighted by molar-refractivity contribution is 7.84. The van der Waals surface area contributed by atoms with Crippen LogP contribution in [0.1, 0.15) is 6.92 Å². The van der Waals surface area contributed by atoms with E-state index in [-0.39, 0.29) is 10.8 Å². The molecule has 1 heterocycles. The van der Waals surface area contributed by atoms with E-state index in [1.165, 1.54) is 12.4 Å². The number of aromatic nitrogens is 2. The molecule has 0 aliphatic rings. The van der Waals surface area contributed by atoms with Crippen molar-refractivity contribution in [3.8, 4) is 0 Å². The van der Waals surface area contributed by atoms with Crippen LogP contribution in [0, 0.1) is 0 Å². The van der Waals surface area contributed by atoms with Gasteiger partial charge in [0.1, 0.15) is 5.82 Å². The molecule has 6 heteroatoms. The molecule has 78 valence electrons. The molecular formula is C8H13N3O2S. The summed E-state index contributed by atoms with van der Waals surface area (Å²) in [5.41, 5.74) is -0.201. The monoisotopic (exact) mass is 215 g/mol.